The van der Waals surface area contributed by atoms with Crippen LogP contribution in [0, 0.1) is 5.92 Å². The first-order valence-corrected chi connectivity index (χ1v) is 9.76. The summed E-state index contributed by atoms with van der Waals surface area (Å²) < 4.78 is 5.71. The Morgan fingerprint density at radius 2 is 2.09 bits per heavy atom. The average Bonchev–Trinajstić information content (AvgIpc) is 3.23. The fraction of sp³-hybridized carbons (Fsp3) is 0.333. The number of hydrogen-bond acceptors (Lipinski definition) is 4. The van der Waals surface area contributed by atoms with E-state index >= 15 is 0 Å². The highest BCUT2D eigenvalue weighted by atomic mass is 79.9. The zero-order valence-electron chi connectivity index (χ0n) is 11.9. The van der Waals surface area contributed by atoms with Crippen molar-refractivity contribution in [3.63, 3.8) is 0 Å². The van der Waals surface area contributed by atoms with Crippen molar-refractivity contribution in [3.8, 4) is 17.0 Å². The highest BCUT2D eigenvalue weighted by Gasteiger charge is 2.23. The van der Waals surface area contributed by atoms with E-state index in [-0.39, 0.29) is 11.2 Å². The van der Waals surface area contributed by atoms with Crippen LogP contribution in [-0.4, -0.2) is 22.8 Å². The Hall–Kier alpha value is -0.820. The fourth-order valence-electron chi connectivity index (χ4n) is 1.95. The van der Waals surface area contributed by atoms with E-state index in [2.05, 4.69) is 26.2 Å². The minimum Gasteiger partial charge on any atom is -0.490 e. The molecule has 3 rings (SSSR count). The normalized spacial score (nSPS) is 13.9. The summed E-state index contributed by atoms with van der Waals surface area (Å²) in [6.45, 7) is 0.651. The molecular formula is C15H13BrCl2N2O2S. The van der Waals surface area contributed by atoms with E-state index < -0.39 is 0 Å². The lowest BCUT2D eigenvalue weighted by atomic mass is 10.1. The van der Waals surface area contributed by atoms with E-state index in [4.69, 9.17) is 27.9 Å². The number of ether oxygens (including phenoxy) is 1. The van der Waals surface area contributed by atoms with E-state index in [0.717, 1.165) is 5.56 Å². The molecule has 1 heterocycles. The Morgan fingerprint density at radius 3 is 2.70 bits per heavy atom. The molecule has 23 heavy (non-hydrogen) atoms. The molecule has 0 aliphatic heterocycles. The van der Waals surface area contributed by atoms with Crippen LogP contribution in [-0.2, 0) is 4.79 Å². The molecular weight excluding hydrogens is 423 g/mol. The van der Waals surface area contributed by atoms with Crippen molar-refractivity contribution in [3.05, 3.63) is 27.6 Å². The first-order chi connectivity index (χ1) is 11.1. The zero-order valence-corrected chi connectivity index (χ0v) is 15.9. The third-order valence-electron chi connectivity index (χ3n) is 3.33. The maximum atomic E-state index is 11.4. The lowest BCUT2D eigenvalue weighted by Gasteiger charge is -2.10. The lowest BCUT2D eigenvalue weighted by Crippen LogP contribution is -2.11. The molecule has 1 aromatic carbocycles. The second-order valence-corrected chi connectivity index (χ2v) is 7.48. The quantitative estimate of drug-likeness (QED) is 0.631. The van der Waals surface area contributed by atoms with Gasteiger partial charge in [-0.2, -0.15) is 0 Å². The Kier molecular flexibility index (Phi) is 5.46. The van der Waals surface area contributed by atoms with E-state index in [9.17, 15) is 4.79 Å². The maximum Gasteiger partial charge on any atom is 0.236 e. The number of anilines is 1. The van der Waals surface area contributed by atoms with Crippen LogP contribution in [0.15, 0.2) is 17.5 Å². The van der Waals surface area contributed by atoms with Gasteiger partial charge in [-0.15, -0.1) is 11.3 Å². The Balaban J connectivity index is 1.78. The smallest absolute Gasteiger partial charge is 0.236 e. The number of aromatic nitrogens is 1. The molecule has 8 heteroatoms. The summed E-state index contributed by atoms with van der Waals surface area (Å²) in [6, 6.07) is 3.56. The van der Waals surface area contributed by atoms with E-state index in [1.54, 1.807) is 12.1 Å². The second-order valence-electron chi connectivity index (χ2n) is 5.24. The summed E-state index contributed by atoms with van der Waals surface area (Å²) in [5, 5.41) is 6.23. The molecule has 1 saturated carbocycles. The number of thiazole rings is 1. The molecule has 0 bridgehead atoms. The van der Waals surface area contributed by atoms with Crippen molar-refractivity contribution in [2.45, 2.75) is 12.8 Å². The van der Waals surface area contributed by atoms with Gasteiger partial charge >= 0.3 is 0 Å². The van der Waals surface area contributed by atoms with Crippen LogP contribution >= 0.6 is 50.5 Å². The number of carbonyl (C=O) groups is 1. The molecule has 0 saturated heterocycles. The molecule has 122 valence electrons. The van der Waals surface area contributed by atoms with Gasteiger partial charge in [0.05, 0.1) is 27.7 Å². The maximum absolute atomic E-state index is 11.4. The van der Waals surface area contributed by atoms with E-state index in [0.29, 0.717) is 39.1 Å². The molecule has 1 aromatic heterocycles. The number of carbonyl (C=O) groups excluding carboxylic acids is 1. The third kappa shape index (κ3) is 4.38. The molecule has 1 aliphatic rings. The highest BCUT2D eigenvalue weighted by molar-refractivity contribution is 9.09. The molecule has 2 aromatic rings. The summed E-state index contributed by atoms with van der Waals surface area (Å²) in [5.41, 5.74) is 1.49. The summed E-state index contributed by atoms with van der Waals surface area (Å²) in [7, 11) is 0. The largest absolute Gasteiger partial charge is 0.490 e. The fourth-order valence-corrected chi connectivity index (χ4v) is 3.42. The van der Waals surface area contributed by atoms with E-state index in [1.165, 1.54) is 24.2 Å². The van der Waals surface area contributed by atoms with Crippen LogP contribution < -0.4 is 10.1 Å². The van der Waals surface area contributed by atoms with Gasteiger partial charge in [-0.25, -0.2) is 4.98 Å². The van der Waals surface area contributed by atoms with Gasteiger partial charge in [0.1, 0.15) is 0 Å². The second kappa shape index (κ2) is 7.38. The van der Waals surface area contributed by atoms with Crippen molar-refractivity contribution < 1.29 is 9.53 Å². The highest BCUT2D eigenvalue weighted by Crippen LogP contribution is 2.39. The number of nitrogens with one attached hydrogen (secondary N) is 1. The minimum absolute atomic E-state index is 0.147. The van der Waals surface area contributed by atoms with Crippen LogP contribution in [0.2, 0.25) is 10.0 Å². The standard InChI is InChI=1S/C15H13BrCl2N2O2S/c16-5-13(21)20-15-19-12(7-23-15)9-3-10(17)14(11(18)4-9)22-6-8-1-2-8/h3-4,7-8H,1-2,5-6H2,(H,19,20,21). The molecule has 1 fully saturated rings. The number of hydrogen-bond donors (Lipinski definition) is 1. The molecule has 1 amide bonds. The van der Waals surface area contributed by atoms with Gasteiger partial charge in [0, 0.05) is 10.9 Å². The number of nitrogens with zero attached hydrogens (tertiary/aromatic N) is 1. The Bertz CT molecular complexity index is 711. The molecule has 1 aliphatic carbocycles. The number of alkyl halides is 1. The summed E-state index contributed by atoms with van der Waals surface area (Å²) in [4.78, 5) is 15.7. The van der Waals surface area contributed by atoms with Crippen LogP contribution in [0.25, 0.3) is 11.3 Å². The van der Waals surface area contributed by atoms with Crippen molar-refractivity contribution in [1.29, 1.82) is 0 Å². The zero-order chi connectivity index (χ0) is 16.4. The molecule has 1 N–H and O–H groups in total. The van der Waals surface area contributed by atoms with Crippen LogP contribution in [0.1, 0.15) is 12.8 Å². The number of benzene rings is 1. The van der Waals surface area contributed by atoms with Gasteiger partial charge in [-0.05, 0) is 30.9 Å². The van der Waals surface area contributed by atoms with Gasteiger partial charge in [0.2, 0.25) is 5.91 Å². The Labute approximate surface area is 156 Å². The lowest BCUT2D eigenvalue weighted by molar-refractivity contribution is -0.113. The van der Waals surface area contributed by atoms with Crippen molar-refractivity contribution >= 4 is 61.5 Å². The summed E-state index contributed by atoms with van der Waals surface area (Å²) in [5.74, 6) is 0.999. The third-order valence-corrected chi connectivity index (χ3v) is 5.15. The number of amides is 1. The van der Waals surface area contributed by atoms with Gasteiger partial charge in [-0.1, -0.05) is 39.1 Å². The van der Waals surface area contributed by atoms with Gasteiger partial charge in [-0.3, -0.25) is 4.79 Å². The molecule has 0 atom stereocenters. The van der Waals surface area contributed by atoms with Crippen molar-refractivity contribution in [1.82, 2.24) is 4.98 Å². The van der Waals surface area contributed by atoms with Crippen molar-refractivity contribution in [2.24, 2.45) is 5.92 Å². The summed E-state index contributed by atoms with van der Waals surface area (Å²) in [6.07, 6.45) is 2.41. The molecule has 0 unspecified atom stereocenters. The Morgan fingerprint density at radius 1 is 1.39 bits per heavy atom. The van der Waals surface area contributed by atoms with Crippen LogP contribution in [0.3, 0.4) is 0 Å². The van der Waals surface area contributed by atoms with E-state index in [1.807, 2.05) is 5.38 Å². The SMILES string of the molecule is O=C(CBr)Nc1nc(-c2cc(Cl)c(OCC3CC3)c(Cl)c2)cs1. The van der Waals surface area contributed by atoms with Crippen LogP contribution in [0.4, 0.5) is 5.13 Å². The first-order valence-electron chi connectivity index (χ1n) is 7.00. The number of halogens is 3. The summed E-state index contributed by atoms with van der Waals surface area (Å²) >= 11 is 17.0. The average molecular weight is 436 g/mol. The minimum atomic E-state index is -0.147. The monoisotopic (exact) mass is 434 g/mol. The first kappa shape index (κ1) is 17.0. The number of rotatable bonds is 6. The van der Waals surface area contributed by atoms with Gasteiger partial charge < -0.3 is 10.1 Å². The van der Waals surface area contributed by atoms with Crippen LogP contribution in [0.5, 0.6) is 5.75 Å². The molecule has 4 nitrogen and oxygen atoms in total. The predicted octanol–water partition coefficient (Wildman–Crippen LogP) is 5.24. The van der Waals surface area contributed by atoms with Gasteiger partial charge in [0.15, 0.2) is 10.9 Å². The van der Waals surface area contributed by atoms with Crippen molar-refractivity contribution in [2.75, 3.05) is 17.3 Å². The molecule has 0 radical (unpaired) electrons. The predicted molar refractivity (Wildman–Crippen MR) is 98.2 cm³/mol. The molecule has 0 spiro atoms. The topological polar surface area (TPSA) is 51.2 Å². The van der Waals surface area contributed by atoms with Gasteiger partial charge in [0.25, 0.3) is 0 Å².